The molecule has 3 fully saturated rings. The number of nitrogens with zero attached hydrogens (tertiary/aromatic N) is 8. The number of hydrogen-bond acceptors (Lipinski definition) is 22. The monoisotopic (exact) mass is 1860 g/mol. The summed E-state index contributed by atoms with van der Waals surface area (Å²) in [6.45, 7) is 17.3. The van der Waals surface area contributed by atoms with Gasteiger partial charge in [-0.25, -0.2) is 53.7 Å². The molecule has 45 heteroatoms. The van der Waals surface area contributed by atoms with Gasteiger partial charge in [0.05, 0.1) is 39.9 Å². The van der Waals surface area contributed by atoms with Crippen LogP contribution in [0, 0.1) is 13.8 Å². The van der Waals surface area contributed by atoms with Crippen molar-refractivity contribution in [1.82, 2.24) is 44.9 Å². The fourth-order valence-corrected chi connectivity index (χ4v) is 10.9. The molecule has 11 heterocycles. The second kappa shape index (κ2) is 60.1. The number of aromatic nitrogens is 9. The lowest BCUT2D eigenvalue weighted by molar-refractivity contribution is 0.00679. The molecule has 8 aromatic rings. The lowest BCUT2D eigenvalue weighted by Gasteiger charge is -2.20. The number of H-pyrrole nitrogens is 1. The van der Waals surface area contributed by atoms with Gasteiger partial charge in [0.1, 0.15) is 88.7 Å². The minimum atomic E-state index is -1.67. The zero-order chi connectivity index (χ0) is 82.4. The van der Waals surface area contributed by atoms with Crippen LogP contribution in [-0.4, -0.2) is 131 Å². The lowest BCUT2D eigenvalue weighted by atomic mass is 10.1. The topological polar surface area (TPSA) is 409 Å². The van der Waals surface area contributed by atoms with E-state index in [9.17, 15) is 24.0 Å². The van der Waals surface area contributed by atoms with Crippen molar-refractivity contribution >= 4 is 269 Å². The standard InChI is InChI=1S/C11H13Cl2NO2.C7H3Cl2N3O.C6H3Cl3N2O.C6H5Cl2N3O.C6H4Cl2N2O2.C6H5Cl2N.C5H4Cl2N2.3C4H8O.C2H6.2CH4.BF.Cl2OS/c1-6-5-7(12)14-9(13)8(6)10(15)16-11(2,3)4;8-4-1-3-5(6(9)12-4)7(13)11-2-10-3;7-3-1-2(10)4(6(9)12)5(8)11-3;7-3-1-2(9)4(6(10)12)5(8)11-3;7-3-1-2(9)4(6(11)12)5(8)10-3;1-4-2-5(7)9-6(8)3-4;6-4-1-3(8)2-5(7)9-4;3*1-2-4-5-3-1;1-2;;;1-2;1-4(2)3/h5H,1-4H3;1-2H,(H,10,11,13);1H,(H2,10,11);1H,(H2,9,11)(H2,10,12);1H,(H2,9,10)(H,11,12);2-3H,1H3;1-2H,(H2,8,9);3*1-4H2;1-2H3;2*1H4;;/i;;;;;;;;;;1D;;;;. The van der Waals surface area contributed by atoms with Gasteiger partial charge in [0.25, 0.3) is 16.7 Å². The summed E-state index contributed by atoms with van der Waals surface area (Å²) in [5, 5.41) is 10.2. The Kier molecular flexibility index (Phi) is 59.9. The number of carbonyl (C=O) groups excluding carboxylic acids is 3. The third kappa shape index (κ3) is 48.4. The quantitative estimate of drug-likeness (QED) is 0.0372. The number of carboxylic acid groups (broad SMARTS) is 1. The highest BCUT2D eigenvalue weighted by Gasteiger charge is 2.23. The smallest absolute Gasteiger partial charge is 0.350 e. The number of amides is 1. The van der Waals surface area contributed by atoms with Crippen molar-refractivity contribution in [3.8, 4) is 0 Å². The zero-order valence-electron chi connectivity index (χ0n) is 57.2. The fraction of sp³-hybridized carbons (Fsp3) is 0.349. The molecule has 0 aliphatic carbocycles. The van der Waals surface area contributed by atoms with Crippen LogP contribution in [0.1, 0.15) is 142 Å². The van der Waals surface area contributed by atoms with E-state index in [4.69, 9.17) is 237 Å². The summed E-state index contributed by atoms with van der Waals surface area (Å²) < 4.78 is 44.3. The summed E-state index contributed by atoms with van der Waals surface area (Å²) in [6.07, 6.45) is 8.96. The number of pyridine rings is 7. The van der Waals surface area contributed by atoms with Crippen LogP contribution in [0.4, 0.5) is 27.1 Å². The van der Waals surface area contributed by atoms with Crippen molar-refractivity contribution in [2.24, 2.45) is 5.73 Å². The van der Waals surface area contributed by atoms with Crippen LogP contribution in [0.2, 0.25) is 72.1 Å². The highest BCUT2D eigenvalue weighted by atomic mass is 36.0. The molecule has 0 saturated carbocycles. The number of esters is 1. The number of carbonyl (C=O) groups is 4. The predicted octanol–water partition coefficient (Wildman–Crippen LogP) is 20.8. The molecule has 3 aliphatic rings. The largest absolute Gasteiger partial charge is 0.478 e. The molecular weight excluding hydrogens is 1790 g/mol. The second-order valence-electron chi connectivity index (χ2n) is 20.3. The van der Waals surface area contributed by atoms with Gasteiger partial charge < -0.3 is 62.0 Å². The van der Waals surface area contributed by atoms with E-state index in [1.807, 2.05) is 6.92 Å². The Morgan fingerprint density at radius 2 is 0.852 bits per heavy atom. The van der Waals surface area contributed by atoms with E-state index in [0.717, 1.165) is 45.2 Å². The summed E-state index contributed by atoms with van der Waals surface area (Å²) in [5.74, 6) is -2.43. The van der Waals surface area contributed by atoms with Crippen LogP contribution in [-0.2, 0) is 28.2 Å². The number of primary amides is 1. The van der Waals surface area contributed by atoms with Crippen LogP contribution in [0.3, 0.4) is 0 Å². The average molecular weight is 1870 g/mol. The number of halogens is 18. The number of rotatable bonds is 4. The molecule has 2 radical (unpaired) electrons. The van der Waals surface area contributed by atoms with E-state index < -0.39 is 37.9 Å². The lowest BCUT2D eigenvalue weighted by Crippen LogP contribution is -2.24. The van der Waals surface area contributed by atoms with Crippen molar-refractivity contribution in [2.45, 2.75) is 107 Å². The van der Waals surface area contributed by atoms with Gasteiger partial charge in [-0.2, -0.15) is 0 Å². The Morgan fingerprint density at radius 3 is 1.14 bits per heavy atom. The summed E-state index contributed by atoms with van der Waals surface area (Å²) >= 11 is 83.2. The number of aryl methyl sites for hydroxylation is 2. The molecule has 598 valence electrons. The second-order valence-corrected chi connectivity index (χ2v) is 28.5. The molecule has 108 heavy (non-hydrogen) atoms. The van der Waals surface area contributed by atoms with Crippen molar-refractivity contribution in [3.63, 3.8) is 0 Å². The molecular formula is C63H75BCl17FN14O11S. The maximum Gasteiger partial charge on any atom is 0.350 e. The van der Waals surface area contributed by atoms with Crippen molar-refractivity contribution < 1.29 is 53.1 Å². The van der Waals surface area contributed by atoms with Gasteiger partial charge in [-0.3, -0.25) is 14.4 Å². The molecule has 0 spiro atoms. The van der Waals surface area contributed by atoms with Gasteiger partial charge in [0.2, 0.25) is 9.23 Å². The van der Waals surface area contributed by atoms with Crippen molar-refractivity contribution in [3.05, 3.63) is 177 Å². The van der Waals surface area contributed by atoms with Gasteiger partial charge >= 0.3 is 20.1 Å². The normalized spacial score (nSPS) is 11.7. The van der Waals surface area contributed by atoms with E-state index in [1.165, 1.54) is 81.3 Å². The SMILES string of the molecule is C.C.C1CCOC1.C1CCOC1.C1CCOC1.Cc1cc(Cl)nc(Cl)c1.Cc1cc(Cl)nc(Cl)c1C(=O)OC(C)(C)C.NC(=O)c1c(N)cc(Cl)nc1Cl.Nc1cc(Cl)nc(Cl)c1.Nc1cc(Cl)nc(Cl)c1C(=O)Cl.Nc1cc(Cl)nc(Cl)c1C(=O)O.O=S(Cl)Cl.O=c1[nH]cnc2cc(Cl)nc(Cl)c12.[2H]CC.[B]F. The Balaban J connectivity index is -0.000000562. The van der Waals surface area contributed by atoms with Crippen LogP contribution in [0.25, 0.3) is 10.9 Å². The molecule has 0 bridgehead atoms. The Hall–Kier alpha value is -4.58. The average Bonchev–Trinajstić information content (AvgIpc) is 0.823. The minimum absolute atomic E-state index is 0. The molecule has 25 nitrogen and oxygen atoms in total. The molecule has 12 N–H and O–H groups in total. The van der Waals surface area contributed by atoms with E-state index in [0.29, 0.717) is 44.3 Å². The van der Waals surface area contributed by atoms with E-state index in [2.05, 4.69) is 74.3 Å². The van der Waals surface area contributed by atoms with E-state index >= 15 is 0 Å². The first kappa shape index (κ1) is 108. The number of anilines is 4. The molecule has 0 atom stereocenters. The molecule has 0 aromatic carbocycles. The number of aromatic amines is 1. The summed E-state index contributed by atoms with van der Waals surface area (Å²) in [5.41, 5.74) is 28.5. The maximum atomic E-state index is 11.8. The maximum absolute atomic E-state index is 11.8. The highest BCUT2D eigenvalue weighted by Crippen LogP contribution is 2.28. The number of nitrogens with one attached hydrogen (secondary N) is 1. The number of nitrogen functional groups attached to an aromatic ring is 4. The van der Waals surface area contributed by atoms with Crippen LogP contribution in [0.15, 0.2) is 65.7 Å². The first-order chi connectivity index (χ1) is 50.0. The molecule has 0 unspecified atom stereocenters. The van der Waals surface area contributed by atoms with E-state index in [1.54, 1.807) is 52.8 Å². The van der Waals surface area contributed by atoms with Crippen molar-refractivity contribution in [2.75, 3.05) is 62.6 Å². The molecule has 8 aromatic heterocycles. The molecule has 1 amide bonds. The number of aromatic carboxylic acids is 1. The number of hydrogen-bond donors (Lipinski definition) is 7. The number of ether oxygens (including phenoxy) is 4. The van der Waals surface area contributed by atoms with Gasteiger partial charge in [0, 0.05) is 79.8 Å². The van der Waals surface area contributed by atoms with E-state index in [-0.39, 0.29) is 117 Å². The number of fused-ring (bicyclic) bond motifs is 1. The summed E-state index contributed by atoms with van der Waals surface area (Å²) in [6, 6.07) is 13.5. The highest BCUT2D eigenvalue weighted by molar-refractivity contribution is 8.26. The molecule has 3 aliphatic heterocycles. The Labute approximate surface area is 713 Å². The van der Waals surface area contributed by atoms with Gasteiger partial charge in [-0.15, -0.1) is 0 Å². The first-order valence-corrected chi connectivity index (χ1v) is 37.6. The zero-order valence-corrected chi connectivity index (χ0v) is 69.9. The van der Waals surface area contributed by atoms with Gasteiger partial charge in [-0.1, -0.05) is 191 Å². The summed E-state index contributed by atoms with van der Waals surface area (Å²) in [4.78, 5) is 87.1. The molecule has 11 rings (SSSR count). The van der Waals surface area contributed by atoms with Crippen LogP contribution >= 0.6 is 195 Å². The third-order valence-electron chi connectivity index (χ3n) is 11.0. The first-order valence-electron chi connectivity index (χ1n) is 29.9. The third-order valence-corrected chi connectivity index (χ3v) is 14.3. The van der Waals surface area contributed by atoms with Gasteiger partial charge in [0.15, 0.2) is 0 Å². The fourth-order valence-electron chi connectivity index (χ4n) is 6.94. The summed E-state index contributed by atoms with van der Waals surface area (Å²) in [7, 11) is 10.4. The van der Waals surface area contributed by atoms with Crippen LogP contribution in [0.5, 0.6) is 0 Å². The van der Waals surface area contributed by atoms with Gasteiger partial charge in [-0.05, 0) is 144 Å². The Morgan fingerprint density at radius 1 is 0.546 bits per heavy atom. The molecule has 3 saturated heterocycles. The number of nitrogens with two attached hydrogens (primary N) is 5. The van der Waals surface area contributed by atoms with Crippen LogP contribution < -0.4 is 34.2 Å². The predicted molar refractivity (Wildman–Crippen MR) is 445 cm³/mol. The Bertz CT molecular complexity index is 3760. The number of carboxylic acids is 1. The van der Waals surface area contributed by atoms with Crippen molar-refractivity contribution in [1.29, 1.82) is 0 Å². The minimum Gasteiger partial charge on any atom is -0.478 e.